The van der Waals surface area contributed by atoms with Crippen molar-refractivity contribution in [1.82, 2.24) is 9.97 Å². The minimum absolute atomic E-state index is 0.0217. The van der Waals surface area contributed by atoms with Gasteiger partial charge in [-0.25, -0.2) is 14.8 Å². The molecule has 0 bridgehead atoms. The van der Waals surface area contributed by atoms with Gasteiger partial charge in [-0.2, -0.15) is 0 Å². The molecule has 1 saturated heterocycles. The van der Waals surface area contributed by atoms with Crippen LogP contribution in [0.4, 0.5) is 16.3 Å². The van der Waals surface area contributed by atoms with Gasteiger partial charge in [0.15, 0.2) is 5.82 Å². The largest absolute Gasteiger partial charge is 0.490 e. The summed E-state index contributed by atoms with van der Waals surface area (Å²) in [5, 5.41) is 19.0. The van der Waals surface area contributed by atoms with E-state index in [2.05, 4.69) is 14.9 Å². The summed E-state index contributed by atoms with van der Waals surface area (Å²) >= 11 is 6.18. The van der Waals surface area contributed by atoms with Crippen LogP contribution in [0.5, 0.6) is 11.5 Å². The van der Waals surface area contributed by atoms with E-state index >= 15 is 0 Å². The fraction of sp³-hybridized carbons (Fsp3) is 0.450. The van der Waals surface area contributed by atoms with E-state index in [0.29, 0.717) is 41.3 Å². The molecule has 0 saturated carbocycles. The number of anilines is 2. The van der Waals surface area contributed by atoms with Gasteiger partial charge >= 0.3 is 6.09 Å². The number of hydrogen-bond donors (Lipinski definition) is 2. The summed E-state index contributed by atoms with van der Waals surface area (Å²) in [5.74, 6) is 2.22. The van der Waals surface area contributed by atoms with Crippen molar-refractivity contribution >= 4 is 29.2 Å². The molecule has 0 spiro atoms. The Morgan fingerprint density at radius 3 is 2.77 bits per heavy atom. The topological polar surface area (TPSA) is 108 Å². The van der Waals surface area contributed by atoms with Gasteiger partial charge in [0.25, 0.3) is 0 Å². The second-order valence-electron chi connectivity index (χ2n) is 7.25. The quantitative estimate of drug-likeness (QED) is 0.707. The van der Waals surface area contributed by atoms with Crippen molar-refractivity contribution in [2.75, 3.05) is 36.0 Å². The van der Waals surface area contributed by atoms with E-state index < -0.39 is 6.09 Å². The Kier molecular flexibility index (Phi) is 5.83. The molecule has 0 radical (unpaired) electrons. The minimum atomic E-state index is -0.995. The van der Waals surface area contributed by atoms with Gasteiger partial charge < -0.3 is 24.6 Å². The molecule has 0 aliphatic carbocycles. The number of hydrogen-bond acceptors (Lipinski definition) is 7. The number of piperidine rings is 1. The number of benzene rings is 1. The lowest BCUT2D eigenvalue weighted by molar-refractivity contribution is 0.169. The molecule has 160 valence electrons. The first-order valence-corrected chi connectivity index (χ1v) is 10.2. The van der Waals surface area contributed by atoms with Crippen molar-refractivity contribution in [2.24, 2.45) is 0 Å². The van der Waals surface area contributed by atoms with E-state index in [0.717, 1.165) is 37.3 Å². The fourth-order valence-electron chi connectivity index (χ4n) is 3.75. The van der Waals surface area contributed by atoms with Crippen LogP contribution in [0.25, 0.3) is 0 Å². The third-order valence-corrected chi connectivity index (χ3v) is 5.69. The Hall–Kier alpha value is -2.78. The number of aliphatic hydroxyl groups is 1. The van der Waals surface area contributed by atoms with Crippen LogP contribution in [0.2, 0.25) is 5.15 Å². The lowest BCUT2D eigenvalue weighted by Gasteiger charge is -2.34. The number of amides is 1. The van der Waals surface area contributed by atoms with Crippen LogP contribution >= 0.6 is 11.6 Å². The van der Waals surface area contributed by atoms with Gasteiger partial charge in [0.1, 0.15) is 41.8 Å². The number of ether oxygens (including phenoxy) is 2. The van der Waals surface area contributed by atoms with Gasteiger partial charge in [-0.1, -0.05) is 11.6 Å². The van der Waals surface area contributed by atoms with Crippen LogP contribution < -0.4 is 19.3 Å². The zero-order chi connectivity index (χ0) is 21.3. The normalized spacial score (nSPS) is 16.8. The van der Waals surface area contributed by atoms with Gasteiger partial charge in [-0.05, 0) is 19.1 Å². The van der Waals surface area contributed by atoms with Crippen molar-refractivity contribution in [3.8, 4) is 11.5 Å². The van der Waals surface area contributed by atoms with Crippen LogP contribution in [0.3, 0.4) is 0 Å². The number of aromatic nitrogens is 2. The van der Waals surface area contributed by atoms with Crippen LogP contribution in [-0.2, 0) is 6.61 Å². The monoisotopic (exact) mass is 434 g/mol. The second kappa shape index (κ2) is 8.53. The molecule has 2 aliphatic rings. The van der Waals surface area contributed by atoms with E-state index in [1.54, 1.807) is 18.2 Å². The Morgan fingerprint density at radius 1 is 1.30 bits per heavy atom. The summed E-state index contributed by atoms with van der Waals surface area (Å²) in [6, 6.07) is 5.24. The Morgan fingerprint density at radius 2 is 2.07 bits per heavy atom. The maximum atomic E-state index is 11.4. The highest BCUT2D eigenvalue weighted by molar-refractivity contribution is 6.30. The average molecular weight is 435 g/mol. The highest BCUT2D eigenvalue weighted by Crippen LogP contribution is 2.36. The molecule has 4 rings (SSSR count). The van der Waals surface area contributed by atoms with Crippen molar-refractivity contribution in [1.29, 1.82) is 0 Å². The van der Waals surface area contributed by atoms with Gasteiger partial charge in [-0.15, -0.1) is 0 Å². The Balaban J connectivity index is 1.41. The molecule has 10 heteroatoms. The average Bonchev–Trinajstić information content (AvgIpc) is 2.75. The first-order chi connectivity index (χ1) is 14.5. The third kappa shape index (κ3) is 4.08. The zero-order valence-electron chi connectivity index (χ0n) is 16.5. The summed E-state index contributed by atoms with van der Waals surface area (Å²) in [6.07, 6.45) is 0.599. The highest BCUT2D eigenvalue weighted by Gasteiger charge is 2.26. The van der Waals surface area contributed by atoms with Crippen LogP contribution in [0.1, 0.15) is 24.2 Å². The number of halogens is 1. The fourth-order valence-corrected chi connectivity index (χ4v) is 3.93. The van der Waals surface area contributed by atoms with E-state index in [1.807, 2.05) is 6.92 Å². The second-order valence-corrected chi connectivity index (χ2v) is 7.61. The predicted octanol–water partition coefficient (Wildman–Crippen LogP) is 2.86. The maximum Gasteiger partial charge on any atom is 0.412 e. The van der Waals surface area contributed by atoms with Crippen LogP contribution in [-0.4, -0.2) is 58.6 Å². The first kappa shape index (κ1) is 20.5. The smallest absolute Gasteiger partial charge is 0.412 e. The highest BCUT2D eigenvalue weighted by atomic mass is 35.5. The number of rotatable bonds is 4. The van der Waals surface area contributed by atoms with Crippen LogP contribution in [0.15, 0.2) is 18.2 Å². The molecule has 1 amide bonds. The Bertz CT molecular complexity index is 949. The maximum absolute atomic E-state index is 11.4. The first-order valence-electron chi connectivity index (χ1n) is 9.79. The van der Waals surface area contributed by atoms with Gasteiger partial charge in [0.2, 0.25) is 0 Å². The van der Waals surface area contributed by atoms with Gasteiger partial charge in [0.05, 0.1) is 12.2 Å². The van der Waals surface area contributed by atoms with E-state index in [1.165, 1.54) is 4.90 Å². The molecular formula is C20H23ClN4O5. The summed E-state index contributed by atoms with van der Waals surface area (Å²) in [5.41, 5.74) is 1.33. The Labute approximate surface area is 178 Å². The molecule has 1 aromatic carbocycles. The predicted molar refractivity (Wildman–Crippen MR) is 111 cm³/mol. The van der Waals surface area contributed by atoms with Crippen molar-refractivity contribution < 1.29 is 24.5 Å². The SMILES string of the molecule is Cc1c(Cl)nc(CO)nc1N1CCC(Oc2ccc3c(c2)OCCN3C(=O)O)CC1. The number of carbonyl (C=O) groups is 1. The standard InChI is InChI=1S/C20H23ClN4O5/c1-12-18(21)22-17(11-26)23-19(12)24-6-4-13(5-7-24)30-14-2-3-15-16(10-14)29-9-8-25(15)20(27)28/h2-3,10,13,26H,4-9,11H2,1H3,(H,27,28). The molecule has 2 aromatic rings. The molecule has 9 nitrogen and oxygen atoms in total. The molecule has 2 N–H and O–H groups in total. The molecule has 2 aliphatic heterocycles. The van der Waals surface area contributed by atoms with Gasteiger partial charge in [0, 0.05) is 37.6 Å². The molecule has 1 aromatic heterocycles. The molecule has 3 heterocycles. The summed E-state index contributed by atoms with van der Waals surface area (Å²) in [7, 11) is 0. The number of carboxylic acid groups (broad SMARTS) is 1. The molecule has 0 unspecified atom stereocenters. The molecule has 30 heavy (non-hydrogen) atoms. The molecule has 0 atom stereocenters. The van der Waals surface area contributed by atoms with Crippen molar-refractivity contribution in [3.05, 3.63) is 34.7 Å². The summed E-state index contributed by atoms with van der Waals surface area (Å²) in [6.45, 7) is 3.71. The number of aliphatic hydroxyl groups excluding tert-OH is 1. The zero-order valence-corrected chi connectivity index (χ0v) is 17.3. The minimum Gasteiger partial charge on any atom is -0.490 e. The molecule has 1 fully saturated rings. The van der Waals surface area contributed by atoms with E-state index in [-0.39, 0.29) is 12.7 Å². The van der Waals surface area contributed by atoms with Gasteiger partial charge in [-0.3, -0.25) is 4.90 Å². The van der Waals surface area contributed by atoms with E-state index in [4.69, 9.17) is 21.1 Å². The number of nitrogens with zero attached hydrogens (tertiary/aromatic N) is 4. The van der Waals surface area contributed by atoms with Crippen molar-refractivity contribution in [2.45, 2.75) is 32.5 Å². The lowest BCUT2D eigenvalue weighted by atomic mass is 10.1. The van der Waals surface area contributed by atoms with Crippen LogP contribution in [0, 0.1) is 6.92 Å². The summed E-state index contributed by atoms with van der Waals surface area (Å²) < 4.78 is 11.7. The van der Waals surface area contributed by atoms with Crippen molar-refractivity contribution in [3.63, 3.8) is 0 Å². The van der Waals surface area contributed by atoms with E-state index in [9.17, 15) is 15.0 Å². The molecular weight excluding hydrogens is 412 g/mol. The third-order valence-electron chi connectivity index (χ3n) is 5.32. The summed E-state index contributed by atoms with van der Waals surface area (Å²) in [4.78, 5) is 23.3. The number of fused-ring (bicyclic) bond motifs is 1. The lowest BCUT2D eigenvalue weighted by Crippen LogP contribution is -2.39.